The Morgan fingerprint density at radius 3 is 2.19 bits per heavy atom. The van der Waals surface area contributed by atoms with E-state index < -0.39 is 18.2 Å². The molecule has 4 atom stereocenters. The second kappa shape index (κ2) is 13.1. The van der Waals surface area contributed by atoms with Crippen LogP contribution in [0.5, 0.6) is 5.75 Å². The van der Waals surface area contributed by atoms with Gasteiger partial charge in [-0.05, 0) is 42.0 Å². The molecule has 2 unspecified atom stereocenters. The lowest BCUT2D eigenvalue weighted by atomic mass is 9.97. The highest BCUT2D eigenvalue weighted by Gasteiger charge is 2.27. The molecule has 0 saturated carbocycles. The molecular weight excluding hydrogens is 390 g/mol. The molecule has 5 nitrogen and oxygen atoms in total. The highest BCUT2D eigenvalue weighted by molar-refractivity contribution is 5.82. The summed E-state index contributed by atoms with van der Waals surface area (Å²) in [5.74, 6) is 1.02. The van der Waals surface area contributed by atoms with E-state index in [1.54, 1.807) is 0 Å². The van der Waals surface area contributed by atoms with Crippen molar-refractivity contribution in [1.82, 2.24) is 5.32 Å². The first-order valence-electron chi connectivity index (χ1n) is 11.3. The predicted octanol–water partition coefficient (Wildman–Crippen LogP) is 5.21. The summed E-state index contributed by atoms with van der Waals surface area (Å²) in [6.07, 6.45) is 2.25. The van der Waals surface area contributed by atoms with E-state index in [4.69, 9.17) is 9.47 Å². The minimum Gasteiger partial charge on any atom is -0.493 e. The Bertz CT molecular complexity index is 763. The molecule has 0 spiro atoms. The van der Waals surface area contributed by atoms with Crippen LogP contribution in [0.15, 0.2) is 54.6 Å². The lowest BCUT2D eigenvalue weighted by Crippen LogP contribution is -2.39. The van der Waals surface area contributed by atoms with Crippen LogP contribution in [0.1, 0.15) is 69.7 Å². The number of ether oxygens (including phenoxy) is 2. The highest BCUT2D eigenvalue weighted by atomic mass is 16.5. The van der Waals surface area contributed by atoms with Gasteiger partial charge in [0.25, 0.3) is 5.91 Å². The Kier molecular flexibility index (Phi) is 10.5. The van der Waals surface area contributed by atoms with Crippen molar-refractivity contribution in [2.45, 2.75) is 64.7 Å². The van der Waals surface area contributed by atoms with Gasteiger partial charge in [0.2, 0.25) is 0 Å². The minimum absolute atomic E-state index is 0.275. The van der Waals surface area contributed by atoms with Gasteiger partial charge in [0.1, 0.15) is 5.75 Å². The molecule has 0 fully saturated rings. The van der Waals surface area contributed by atoms with Crippen molar-refractivity contribution in [3.05, 3.63) is 65.7 Å². The fourth-order valence-electron chi connectivity index (χ4n) is 3.70. The van der Waals surface area contributed by atoms with Crippen LogP contribution in [0, 0.1) is 5.92 Å². The molecule has 5 heteroatoms. The monoisotopic (exact) mass is 427 g/mol. The molecule has 0 aliphatic rings. The topological polar surface area (TPSA) is 67.8 Å². The second-order valence-corrected chi connectivity index (χ2v) is 8.14. The Morgan fingerprint density at radius 1 is 0.968 bits per heavy atom. The zero-order chi connectivity index (χ0) is 22.6. The second-order valence-electron chi connectivity index (χ2n) is 8.14. The van der Waals surface area contributed by atoms with E-state index in [1.165, 1.54) is 7.11 Å². The first kappa shape index (κ1) is 24.9. The quantitative estimate of drug-likeness (QED) is 0.461. The molecule has 31 heavy (non-hydrogen) atoms. The summed E-state index contributed by atoms with van der Waals surface area (Å²) in [4.78, 5) is 13.0. The van der Waals surface area contributed by atoms with Crippen LogP contribution in [0.4, 0.5) is 0 Å². The van der Waals surface area contributed by atoms with Crippen LogP contribution in [0.25, 0.3) is 0 Å². The van der Waals surface area contributed by atoms with Crippen molar-refractivity contribution in [3.63, 3.8) is 0 Å². The third-order valence-electron chi connectivity index (χ3n) is 5.40. The fraction of sp³-hybridized carbons (Fsp3) is 0.500. The van der Waals surface area contributed by atoms with Crippen LogP contribution in [-0.4, -0.2) is 30.8 Å². The number of hydrogen-bond acceptors (Lipinski definition) is 4. The van der Waals surface area contributed by atoms with E-state index in [9.17, 15) is 9.90 Å². The molecule has 0 radical (unpaired) electrons. The molecule has 1 amide bonds. The van der Waals surface area contributed by atoms with Crippen molar-refractivity contribution >= 4 is 5.91 Å². The van der Waals surface area contributed by atoms with Crippen LogP contribution in [-0.2, 0) is 9.53 Å². The molecule has 2 N–H and O–H groups in total. The lowest BCUT2D eigenvalue weighted by Gasteiger charge is -2.27. The Balaban J connectivity index is 2.13. The molecule has 0 aliphatic heterocycles. The Labute approximate surface area is 186 Å². The number of nitrogens with one attached hydrogen (secondary N) is 1. The van der Waals surface area contributed by atoms with Gasteiger partial charge in [-0.1, -0.05) is 76.1 Å². The molecule has 0 saturated heterocycles. The molecule has 2 aromatic rings. The number of carbonyl (C=O) groups is 1. The predicted molar refractivity (Wildman–Crippen MR) is 124 cm³/mol. The number of methoxy groups -OCH3 is 1. The van der Waals surface area contributed by atoms with E-state index in [2.05, 4.69) is 19.2 Å². The third kappa shape index (κ3) is 7.67. The first-order chi connectivity index (χ1) is 15.0. The van der Waals surface area contributed by atoms with Gasteiger partial charge in [-0.25, -0.2) is 0 Å². The van der Waals surface area contributed by atoms with E-state index in [-0.39, 0.29) is 5.91 Å². The number of amides is 1. The maximum Gasteiger partial charge on any atom is 0.254 e. The summed E-state index contributed by atoms with van der Waals surface area (Å²) in [6, 6.07) is 16.5. The van der Waals surface area contributed by atoms with Gasteiger partial charge in [-0.2, -0.15) is 0 Å². The highest BCUT2D eigenvalue weighted by Crippen LogP contribution is 2.25. The number of hydrogen-bond donors (Lipinski definition) is 2. The summed E-state index contributed by atoms with van der Waals surface area (Å²) in [6.45, 7) is 7.05. The number of rotatable bonds is 13. The van der Waals surface area contributed by atoms with Crippen molar-refractivity contribution in [3.8, 4) is 5.75 Å². The summed E-state index contributed by atoms with van der Waals surface area (Å²) < 4.78 is 11.3. The van der Waals surface area contributed by atoms with Gasteiger partial charge >= 0.3 is 0 Å². The lowest BCUT2D eigenvalue weighted by molar-refractivity contribution is -0.133. The molecule has 0 aromatic heterocycles. The van der Waals surface area contributed by atoms with Crippen LogP contribution in [0.3, 0.4) is 0 Å². The molecule has 0 heterocycles. The van der Waals surface area contributed by atoms with Gasteiger partial charge in [-0.3, -0.25) is 4.79 Å². The van der Waals surface area contributed by atoms with E-state index in [0.717, 1.165) is 36.1 Å². The van der Waals surface area contributed by atoms with Gasteiger partial charge in [-0.15, -0.1) is 0 Å². The van der Waals surface area contributed by atoms with Gasteiger partial charge in [0.15, 0.2) is 6.10 Å². The Hall–Kier alpha value is -2.37. The normalized spacial score (nSPS) is 15.0. The summed E-state index contributed by atoms with van der Waals surface area (Å²) in [7, 11) is 1.51. The number of benzene rings is 2. The van der Waals surface area contributed by atoms with Crippen LogP contribution in [0.2, 0.25) is 0 Å². The minimum atomic E-state index is -0.736. The first-order valence-corrected chi connectivity index (χ1v) is 11.3. The maximum absolute atomic E-state index is 13.0. The molecular formula is C26H37NO4. The average Bonchev–Trinajstić information content (AvgIpc) is 2.78. The van der Waals surface area contributed by atoms with E-state index in [0.29, 0.717) is 18.9 Å². The van der Waals surface area contributed by atoms with E-state index >= 15 is 0 Å². The van der Waals surface area contributed by atoms with Crippen molar-refractivity contribution in [1.29, 1.82) is 0 Å². The third-order valence-corrected chi connectivity index (χ3v) is 5.40. The summed E-state index contributed by atoms with van der Waals surface area (Å²) in [5, 5.41) is 13.8. The number of carbonyl (C=O) groups excluding carboxylic acids is 1. The van der Waals surface area contributed by atoms with Gasteiger partial charge in [0, 0.05) is 7.11 Å². The zero-order valence-corrected chi connectivity index (χ0v) is 19.2. The van der Waals surface area contributed by atoms with E-state index in [1.807, 2.05) is 61.5 Å². The molecule has 0 bridgehead atoms. The van der Waals surface area contributed by atoms with Gasteiger partial charge < -0.3 is 19.9 Å². The SMILES string of the molecule is CCCC(C)COc1ccc([C@@H](NC(=O)C(OC)c2ccccc2)[C@H](O)CCC)cc1. The smallest absolute Gasteiger partial charge is 0.254 e. The standard InChI is InChI=1S/C26H37NO4/c1-5-10-19(3)18-31-22-16-14-20(15-17-22)24(23(28)11-6-2)27-26(29)25(30-4)21-12-8-7-9-13-21/h7-9,12-17,19,23-25,28H,5-6,10-11,18H2,1-4H3,(H,27,29)/t19?,23-,24-,25?/m1/s1. The average molecular weight is 428 g/mol. The molecule has 2 aromatic carbocycles. The van der Waals surface area contributed by atoms with Crippen LogP contribution >= 0.6 is 0 Å². The van der Waals surface area contributed by atoms with Gasteiger partial charge in [0.05, 0.1) is 18.8 Å². The number of aliphatic hydroxyl groups excluding tert-OH is 1. The maximum atomic E-state index is 13.0. The largest absolute Gasteiger partial charge is 0.493 e. The fourth-order valence-corrected chi connectivity index (χ4v) is 3.70. The van der Waals surface area contributed by atoms with Crippen molar-refractivity contribution in [2.24, 2.45) is 5.92 Å². The zero-order valence-electron chi connectivity index (χ0n) is 19.2. The van der Waals surface area contributed by atoms with Crippen LogP contribution < -0.4 is 10.1 Å². The number of aliphatic hydroxyl groups is 1. The van der Waals surface area contributed by atoms with Crippen molar-refractivity contribution in [2.75, 3.05) is 13.7 Å². The molecule has 170 valence electrons. The Morgan fingerprint density at radius 2 is 1.61 bits per heavy atom. The van der Waals surface area contributed by atoms with Crippen molar-refractivity contribution < 1.29 is 19.4 Å². The summed E-state index contributed by atoms with van der Waals surface area (Å²) in [5.41, 5.74) is 1.61. The molecule has 0 aliphatic carbocycles. The summed E-state index contributed by atoms with van der Waals surface area (Å²) >= 11 is 0. The molecule has 2 rings (SSSR count).